The van der Waals surface area contributed by atoms with Crippen LogP contribution < -0.4 is 5.32 Å². The van der Waals surface area contributed by atoms with E-state index in [0.717, 1.165) is 16.6 Å². The van der Waals surface area contributed by atoms with Gasteiger partial charge in [-0.3, -0.25) is 0 Å². The third-order valence-corrected chi connectivity index (χ3v) is 6.97. The van der Waals surface area contributed by atoms with Gasteiger partial charge in [0, 0.05) is 33.1 Å². The Morgan fingerprint density at radius 3 is 2.27 bits per heavy atom. The van der Waals surface area contributed by atoms with E-state index >= 15 is 0 Å². The highest BCUT2D eigenvalue weighted by atomic mass is 79.9. The lowest BCUT2D eigenvalue weighted by atomic mass is 10.1. The quantitative estimate of drug-likeness (QED) is 0.545. The molecule has 26 heavy (non-hydrogen) atoms. The predicted molar refractivity (Wildman–Crippen MR) is 112 cm³/mol. The number of halogens is 1. The molecule has 0 aliphatic rings. The molecule has 0 saturated carbocycles. The van der Waals surface area contributed by atoms with Crippen molar-refractivity contribution in [2.75, 3.05) is 6.26 Å². The lowest BCUT2D eigenvalue weighted by Crippen LogP contribution is -2.17. The molecule has 0 fully saturated rings. The Bertz CT molecular complexity index is 977. The first-order valence-electron chi connectivity index (χ1n) is 8.21. The Morgan fingerprint density at radius 2 is 1.65 bits per heavy atom. The van der Waals surface area contributed by atoms with E-state index in [1.165, 1.54) is 21.6 Å². The molecule has 1 aromatic heterocycles. The van der Waals surface area contributed by atoms with Gasteiger partial charge in [0.1, 0.15) is 0 Å². The fraction of sp³-hybridized carbons (Fsp3) is 0.200. The van der Waals surface area contributed by atoms with Crippen molar-refractivity contribution < 1.29 is 8.42 Å². The summed E-state index contributed by atoms with van der Waals surface area (Å²) in [6.45, 7) is 2.86. The van der Waals surface area contributed by atoms with Crippen molar-refractivity contribution >= 4 is 37.1 Å². The summed E-state index contributed by atoms with van der Waals surface area (Å²) in [5.41, 5.74) is 2.29. The zero-order valence-electron chi connectivity index (χ0n) is 14.6. The van der Waals surface area contributed by atoms with Gasteiger partial charge in [-0.05, 0) is 54.4 Å². The minimum absolute atomic E-state index is 0.141. The van der Waals surface area contributed by atoms with Crippen LogP contribution in [-0.4, -0.2) is 14.7 Å². The van der Waals surface area contributed by atoms with Crippen LogP contribution in [-0.2, 0) is 16.4 Å². The fourth-order valence-corrected chi connectivity index (χ4v) is 4.48. The zero-order chi connectivity index (χ0) is 18.7. The molecule has 0 amide bonds. The van der Waals surface area contributed by atoms with Crippen LogP contribution in [0.2, 0.25) is 0 Å². The average molecular weight is 450 g/mol. The van der Waals surface area contributed by atoms with Gasteiger partial charge >= 0.3 is 0 Å². The first-order valence-corrected chi connectivity index (χ1v) is 11.7. The second-order valence-electron chi connectivity index (χ2n) is 6.22. The maximum absolute atomic E-state index is 11.5. The van der Waals surface area contributed by atoms with Gasteiger partial charge in [-0.25, -0.2) is 8.42 Å². The maximum Gasteiger partial charge on any atom is 0.175 e. The van der Waals surface area contributed by atoms with Crippen molar-refractivity contribution in [3.8, 4) is 10.4 Å². The molecular formula is C20H20BrNO2S2. The molecule has 0 spiro atoms. The highest BCUT2D eigenvalue weighted by Crippen LogP contribution is 2.29. The summed E-state index contributed by atoms with van der Waals surface area (Å²) in [7, 11) is -3.15. The molecule has 0 saturated heterocycles. The molecule has 1 unspecified atom stereocenters. The van der Waals surface area contributed by atoms with Gasteiger partial charge in [-0.1, -0.05) is 40.2 Å². The number of nitrogens with one attached hydrogen (secondary N) is 1. The summed E-state index contributed by atoms with van der Waals surface area (Å²) in [6, 6.07) is 19.8. The summed E-state index contributed by atoms with van der Waals surface area (Å²) in [6.07, 6.45) is 1.23. The standard InChI is InChI=1S/C20H20BrNO2S2/c1-14(15-5-10-19(11-6-15)26(2,23)24)22-13-18-9-12-20(25-18)16-3-7-17(21)8-4-16/h3-12,14,22H,13H2,1-2H3. The molecule has 0 radical (unpaired) electrons. The highest BCUT2D eigenvalue weighted by molar-refractivity contribution is 9.10. The van der Waals surface area contributed by atoms with E-state index < -0.39 is 9.84 Å². The normalized spacial score (nSPS) is 12.9. The lowest BCUT2D eigenvalue weighted by molar-refractivity contribution is 0.578. The number of hydrogen-bond acceptors (Lipinski definition) is 4. The van der Waals surface area contributed by atoms with E-state index in [4.69, 9.17) is 0 Å². The fourth-order valence-electron chi connectivity index (χ4n) is 2.62. The first kappa shape index (κ1) is 19.3. The van der Waals surface area contributed by atoms with Crippen molar-refractivity contribution in [1.29, 1.82) is 0 Å². The zero-order valence-corrected chi connectivity index (χ0v) is 17.8. The van der Waals surface area contributed by atoms with Crippen molar-refractivity contribution in [3.63, 3.8) is 0 Å². The number of rotatable bonds is 6. The van der Waals surface area contributed by atoms with Gasteiger partial charge in [0.2, 0.25) is 0 Å². The molecule has 2 aromatic carbocycles. The Hall–Kier alpha value is -1.47. The summed E-state index contributed by atoms with van der Waals surface area (Å²) in [5.74, 6) is 0. The SMILES string of the molecule is CC(NCc1ccc(-c2ccc(Br)cc2)s1)c1ccc(S(C)(=O)=O)cc1. The molecule has 3 aromatic rings. The summed E-state index contributed by atoms with van der Waals surface area (Å²) < 4.78 is 24.2. The van der Waals surface area contributed by atoms with E-state index in [9.17, 15) is 8.42 Å². The number of benzene rings is 2. The minimum atomic E-state index is -3.15. The van der Waals surface area contributed by atoms with E-state index in [0.29, 0.717) is 4.90 Å². The molecule has 0 aliphatic heterocycles. The predicted octanol–water partition coefficient (Wildman–Crippen LogP) is 5.43. The second-order valence-corrected chi connectivity index (χ2v) is 10.3. The van der Waals surface area contributed by atoms with Crippen molar-refractivity contribution in [2.24, 2.45) is 0 Å². The molecule has 3 nitrogen and oxygen atoms in total. The second kappa shape index (κ2) is 8.05. The number of thiophene rings is 1. The molecule has 6 heteroatoms. The Balaban J connectivity index is 1.63. The van der Waals surface area contributed by atoms with Gasteiger partial charge in [0.05, 0.1) is 4.90 Å². The Labute approximate surface area is 167 Å². The summed E-state index contributed by atoms with van der Waals surface area (Å²) >= 11 is 5.24. The first-order chi connectivity index (χ1) is 12.3. The molecule has 1 heterocycles. The van der Waals surface area contributed by atoms with Crippen molar-refractivity contribution in [3.05, 3.63) is 75.6 Å². The average Bonchev–Trinajstić information content (AvgIpc) is 3.08. The molecule has 1 N–H and O–H groups in total. The van der Waals surface area contributed by atoms with Gasteiger partial charge in [0.25, 0.3) is 0 Å². The maximum atomic E-state index is 11.5. The van der Waals surface area contributed by atoms with Crippen LogP contribution in [0.3, 0.4) is 0 Å². The van der Waals surface area contributed by atoms with Gasteiger partial charge in [-0.2, -0.15) is 0 Å². The van der Waals surface area contributed by atoms with Crippen molar-refractivity contribution in [1.82, 2.24) is 5.32 Å². The minimum Gasteiger partial charge on any atom is -0.305 e. The number of hydrogen-bond donors (Lipinski definition) is 1. The van der Waals surface area contributed by atoms with Crippen LogP contribution in [0.25, 0.3) is 10.4 Å². The van der Waals surface area contributed by atoms with E-state index in [-0.39, 0.29) is 6.04 Å². The Kier molecular flexibility index (Phi) is 5.97. The number of sulfone groups is 1. The van der Waals surface area contributed by atoms with Crippen LogP contribution in [0.1, 0.15) is 23.4 Å². The molecule has 0 aliphatic carbocycles. The van der Waals surface area contributed by atoms with Crippen molar-refractivity contribution in [2.45, 2.75) is 24.4 Å². The summed E-state index contributed by atoms with van der Waals surface area (Å²) in [4.78, 5) is 2.87. The third kappa shape index (κ3) is 4.82. The van der Waals surface area contributed by atoms with Gasteiger partial charge < -0.3 is 5.32 Å². The highest BCUT2D eigenvalue weighted by Gasteiger charge is 2.10. The van der Waals surface area contributed by atoms with Crippen LogP contribution >= 0.6 is 27.3 Å². The van der Waals surface area contributed by atoms with E-state index in [2.05, 4.69) is 64.6 Å². The summed E-state index contributed by atoms with van der Waals surface area (Å²) in [5, 5.41) is 3.50. The molecular weight excluding hydrogens is 430 g/mol. The molecule has 0 bridgehead atoms. The molecule has 3 rings (SSSR count). The smallest absolute Gasteiger partial charge is 0.175 e. The van der Waals surface area contributed by atoms with Gasteiger partial charge in [-0.15, -0.1) is 11.3 Å². The monoisotopic (exact) mass is 449 g/mol. The van der Waals surface area contributed by atoms with Crippen LogP contribution in [0.5, 0.6) is 0 Å². The lowest BCUT2D eigenvalue weighted by Gasteiger charge is -2.14. The molecule has 1 atom stereocenters. The van der Waals surface area contributed by atoms with Crippen LogP contribution in [0.15, 0.2) is 70.0 Å². The Morgan fingerprint density at radius 1 is 1.00 bits per heavy atom. The van der Waals surface area contributed by atoms with Gasteiger partial charge in [0.15, 0.2) is 9.84 Å². The topological polar surface area (TPSA) is 46.2 Å². The van der Waals surface area contributed by atoms with Crippen LogP contribution in [0, 0.1) is 0 Å². The van der Waals surface area contributed by atoms with E-state index in [1.54, 1.807) is 23.5 Å². The third-order valence-electron chi connectivity index (χ3n) is 4.18. The largest absolute Gasteiger partial charge is 0.305 e. The molecule has 136 valence electrons. The van der Waals surface area contributed by atoms with E-state index in [1.807, 2.05) is 12.1 Å². The van der Waals surface area contributed by atoms with Crippen LogP contribution in [0.4, 0.5) is 0 Å².